The molecule has 2 saturated heterocycles. The number of nitrogens with one attached hydrogen (secondary N) is 3. The molecule has 0 saturated carbocycles. The van der Waals surface area contributed by atoms with Crippen molar-refractivity contribution in [3.63, 3.8) is 0 Å². The Morgan fingerprint density at radius 3 is 2.00 bits per heavy atom. The van der Waals surface area contributed by atoms with Crippen molar-refractivity contribution in [2.24, 2.45) is 0 Å². The smallest absolute Gasteiger partial charge is 0.232 e. The van der Waals surface area contributed by atoms with E-state index in [4.69, 9.17) is 4.98 Å². The molecule has 3 heterocycles. The second-order valence-electron chi connectivity index (χ2n) is 7.00. The van der Waals surface area contributed by atoms with Gasteiger partial charge in [0.05, 0.1) is 0 Å². The number of aromatic nitrogens is 3. The third-order valence-electron chi connectivity index (χ3n) is 5.05. The lowest BCUT2D eigenvalue weighted by molar-refractivity contribution is 0.568. The molecule has 9 heteroatoms. The van der Waals surface area contributed by atoms with Crippen molar-refractivity contribution < 1.29 is 4.39 Å². The highest BCUT2D eigenvalue weighted by Gasteiger charge is 2.20. The van der Waals surface area contributed by atoms with Crippen LogP contribution >= 0.6 is 0 Å². The molecule has 8 nitrogen and oxygen atoms in total. The minimum Gasteiger partial charge on any atom is -0.354 e. The van der Waals surface area contributed by atoms with Gasteiger partial charge in [0, 0.05) is 58.9 Å². The fourth-order valence-corrected chi connectivity index (χ4v) is 3.46. The van der Waals surface area contributed by atoms with Crippen molar-refractivity contribution in [3.05, 3.63) is 35.6 Å². The first kappa shape index (κ1) is 18.8. The lowest BCUT2D eigenvalue weighted by atomic mass is 10.1. The van der Waals surface area contributed by atoms with Crippen LogP contribution in [-0.2, 0) is 6.42 Å². The summed E-state index contributed by atoms with van der Waals surface area (Å²) >= 11 is 0. The molecule has 2 aromatic rings. The molecule has 4 rings (SSSR count). The Morgan fingerprint density at radius 2 is 1.43 bits per heavy atom. The molecule has 0 aliphatic carbocycles. The fourth-order valence-electron chi connectivity index (χ4n) is 3.46. The fraction of sp³-hybridized carbons (Fsp3) is 0.526. The minimum atomic E-state index is -0.178. The van der Waals surface area contributed by atoms with E-state index in [1.165, 1.54) is 6.07 Å². The molecular weight excluding hydrogens is 359 g/mol. The molecule has 2 aliphatic heterocycles. The van der Waals surface area contributed by atoms with Gasteiger partial charge in [-0.2, -0.15) is 15.0 Å². The minimum absolute atomic E-state index is 0.178. The summed E-state index contributed by atoms with van der Waals surface area (Å²) < 4.78 is 13.8. The molecule has 150 valence electrons. The lowest BCUT2D eigenvalue weighted by Crippen LogP contribution is -2.46. The number of rotatable bonds is 6. The summed E-state index contributed by atoms with van der Waals surface area (Å²) in [6.07, 6.45) is 0.574. The third kappa shape index (κ3) is 4.66. The van der Waals surface area contributed by atoms with E-state index in [0.717, 1.165) is 52.4 Å². The predicted octanol–water partition coefficient (Wildman–Crippen LogP) is 0.485. The van der Waals surface area contributed by atoms with Gasteiger partial charge in [0.15, 0.2) is 0 Å². The molecule has 2 aliphatic rings. The van der Waals surface area contributed by atoms with Gasteiger partial charge in [-0.3, -0.25) is 0 Å². The molecule has 0 spiro atoms. The van der Waals surface area contributed by atoms with Crippen LogP contribution in [0.25, 0.3) is 0 Å². The average Bonchev–Trinajstić information content (AvgIpc) is 2.76. The van der Waals surface area contributed by atoms with E-state index in [9.17, 15) is 4.39 Å². The highest BCUT2D eigenvalue weighted by molar-refractivity contribution is 5.46. The molecule has 28 heavy (non-hydrogen) atoms. The summed E-state index contributed by atoms with van der Waals surface area (Å²) in [6, 6.07) is 6.86. The largest absolute Gasteiger partial charge is 0.354 e. The van der Waals surface area contributed by atoms with Gasteiger partial charge in [-0.25, -0.2) is 4.39 Å². The van der Waals surface area contributed by atoms with Gasteiger partial charge in [0.1, 0.15) is 5.82 Å². The Labute approximate surface area is 164 Å². The van der Waals surface area contributed by atoms with E-state index in [2.05, 4.69) is 35.7 Å². The molecule has 3 N–H and O–H groups in total. The number of halogens is 1. The molecule has 1 aromatic heterocycles. The summed E-state index contributed by atoms with van der Waals surface area (Å²) in [5, 5.41) is 9.97. The van der Waals surface area contributed by atoms with Gasteiger partial charge in [-0.15, -0.1) is 0 Å². The summed E-state index contributed by atoms with van der Waals surface area (Å²) in [5.41, 5.74) is 0.689. The summed E-state index contributed by atoms with van der Waals surface area (Å²) in [5.74, 6) is 1.79. The first-order valence-corrected chi connectivity index (χ1v) is 9.94. The van der Waals surface area contributed by atoms with Crippen LogP contribution in [0.4, 0.5) is 22.2 Å². The Morgan fingerprint density at radius 1 is 0.857 bits per heavy atom. The van der Waals surface area contributed by atoms with Gasteiger partial charge in [-0.05, 0) is 18.1 Å². The number of anilines is 3. The molecule has 0 amide bonds. The topological polar surface area (TPSA) is 81.2 Å². The lowest BCUT2D eigenvalue weighted by Gasteiger charge is -2.30. The van der Waals surface area contributed by atoms with E-state index < -0.39 is 0 Å². The Bertz CT molecular complexity index is 738. The molecule has 0 unspecified atom stereocenters. The SMILES string of the molecule is Fc1ccccc1CCNc1nc(N2CCNCC2)nc(N2CCNCC2)n1. The molecule has 0 bridgehead atoms. The first-order chi connectivity index (χ1) is 13.8. The van der Waals surface area contributed by atoms with Crippen molar-refractivity contribution in [3.8, 4) is 0 Å². The highest BCUT2D eigenvalue weighted by atomic mass is 19.1. The Kier molecular flexibility index (Phi) is 6.13. The van der Waals surface area contributed by atoms with Crippen LogP contribution < -0.4 is 25.8 Å². The quantitative estimate of drug-likeness (QED) is 0.662. The molecule has 0 radical (unpaired) electrons. The zero-order chi connectivity index (χ0) is 19.2. The number of nitrogens with zero attached hydrogens (tertiary/aromatic N) is 5. The number of hydrogen-bond donors (Lipinski definition) is 3. The van der Waals surface area contributed by atoms with Crippen molar-refractivity contribution >= 4 is 17.8 Å². The summed E-state index contributed by atoms with van der Waals surface area (Å²) in [6.45, 7) is 7.75. The highest BCUT2D eigenvalue weighted by Crippen LogP contribution is 2.18. The van der Waals surface area contributed by atoms with Crippen LogP contribution in [0.3, 0.4) is 0 Å². The van der Waals surface area contributed by atoms with Crippen molar-refractivity contribution in [2.75, 3.05) is 74.0 Å². The number of piperazine rings is 2. The maximum atomic E-state index is 13.8. The third-order valence-corrected chi connectivity index (χ3v) is 5.05. The van der Waals surface area contributed by atoms with Crippen LogP contribution in [0.15, 0.2) is 24.3 Å². The predicted molar refractivity (Wildman–Crippen MR) is 109 cm³/mol. The van der Waals surface area contributed by atoms with E-state index in [1.54, 1.807) is 6.07 Å². The van der Waals surface area contributed by atoms with Crippen molar-refractivity contribution in [1.82, 2.24) is 25.6 Å². The molecule has 1 aromatic carbocycles. The van der Waals surface area contributed by atoms with Crippen molar-refractivity contribution in [1.29, 1.82) is 0 Å². The number of benzene rings is 1. The number of hydrogen-bond acceptors (Lipinski definition) is 8. The van der Waals surface area contributed by atoms with Crippen LogP contribution in [0.1, 0.15) is 5.56 Å². The maximum absolute atomic E-state index is 13.8. The van der Waals surface area contributed by atoms with E-state index >= 15 is 0 Å². The van der Waals surface area contributed by atoms with Gasteiger partial charge < -0.3 is 25.8 Å². The molecule has 0 atom stereocenters. The van der Waals surface area contributed by atoms with E-state index in [1.807, 2.05) is 12.1 Å². The zero-order valence-corrected chi connectivity index (χ0v) is 16.0. The van der Waals surface area contributed by atoms with Crippen LogP contribution in [-0.4, -0.2) is 73.9 Å². The van der Waals surface area contributed by atoms with Gasteiger partial charge >= 0.3 is 0 Å². The summed E-state index contributed by atoms with van der Waals surface area (Å²) in [4.78, 5) is 18.4. The Hall–Kier alpha value is -2.52. The van der Waals surface area contributed by atoms with Crippen molar-refractivity contribution in [2.45, 2.75) is 6.42 Å². The van der Waals surface area contributed by atoms with E-state index in [-0.39, 0.29) is 5.82 Å². The van der Waals surface area contributed by atoms with Crippen LogP contribution in [0.2, 0.25) is 0 Å². The molecular formula is C19H27FN8. The van der Waals surface area contributed by atoms with Crippen LogP contribution in [0.5, 0.6) is 0 Å². The van der Waals surface area contributed by atoms with Gasteiger partial charge in [0.2, 0.25) is 17.8 Å². The average molecular weight is 386 g/mol. The van der Waals surface area contributed by atoms with Gasteiger partial charge in [0.25, 0.3) is 0 Å². The van der Waals surface area contributed by atoms with E-state index in [0.29, 0.717) is 36.4 Å². The Balaban J connectivity index is 1.50. The van der Waals surface area contributed by atoms with Gasteiger partial charge in [-0.1, -0.05) is 18.2 Å². The monoisotopic (exact) mass is 386 g/mol. The summed E-state index contributed by atoms with van der Waals surface area (Å²) in [7, 11) is 0. The standard InChI is InChI=1S/C19H27FN8/c20-16-4-2-1-3-15(16)5-6-23-17-24-18(27-11-7-21-8-12-27)26-19(25-17)28-13-9-22-10-14-28/h1-4,21-22H,5-14H2,(H,23,24,25,26). The second-order valence-corrected chi connectivity index (χ2v) is 7.00. The van der Waals surface area contributed by atoms with Crippen LogP contribution in [0, 0.1) is 5.82 Å². The normalized spacial score (nSPS) is 17.6. The molecule has 2 fully saturated rings. The second kappa shape index (κ2) is 9.11. The first-order valence-electron chi connectivity index (χ1n) is 9.94. The maximum Gasteiger partial charge on any atom is 0.232 e. The zero-order valence-electron chi connectivity index (χ0n) is 16.0.